The van der Waals surface area contributed by atoms with Gasteiger partial charge in [0, 0.05) is 11.5 Å². The summed E-state index contributed by atoms with van der Waals surface area (Å²) < 4.78 is 17.2. The van der Waals surface area contributed by atoms with Gasteiger partial charge in [0.25, 0.3) is 0 Å². The van der Waals surface area contributed by atoms with Crippen LogP contribution >= 0.6 is 0 Å². The van der Waals surface area contributed by atoms with Crippen molar-refractivity contribution in [3.8, 4) is 0 Å². The molecule has 2 rings (SSSR count). The van der Waals surface area contributed by atoms with Crippen LogP contribution < -0.4 is 5.63 Å². The molecule has 0 atom stereocenters. The zero-order chi connectivity index (χ0) is 8.55. The predicted octanol–water partition coefficient (Wildman–Crippen LogP) is 1.93. The standard InChI is InChI=1S/C9H5FO2/c10-8-2-1-6-5-12-9(11)4-7(6)3-8/h1-5H. The van der Waals surface area contributed by atoms with Gasteiger partial charge in [0.1, 0.15) is 12.1 Å². The van der Waals surface area contributed by atoms with Gasteiger partial charge in [-0.2, -0.15) is 0 Å². The summed E-state index contributed by atoms with van der Waals surface area (Å²) in [7, 11) is 0. The van der Waals surface area contributed by atoms with Gasteiger partial charge in [0.2, 0.25) is 0 Å². The molecule has 0 aliphatic heterocycles. The van der Waals surface area contributed by atoms with Crippen LogP contribution in [0.1, 0.15) is 0 Å². The van der Waals surface area contributed by atoms with Gasteiger partial charge >= 0.3 is 5.63 Å². The molecule has 0 bridgehead atoms. The SMILES string of the molecule is O=c1cc2cc(F)ccc2co1. The fourth-order valence-electron chi connectivity index (χ4n) is 1.06. The minimum atomic E-state index is -0.465. The number of halogens is 1. The lowest BCUT2D eigenvalue weighted by atomic mass is 10.2. The van der Waals surface area contributed by atoms with Crippen molar-refractivity contribution in [3.05, 3.63) is 46.8 Å². The molecule has 3 heteroatoms. The molecular weight excluding hydrogens is 159 g/mol. The average Bonchev–Trinajstić information content (AvgIpc) is 2.03. The molecule has 0 aliphatic rings. The van der Waals surface area contributed by atoms with Crippen molar-refractivity contribution >= 4 is 10.8 Å². The molecule has 1 aromatic heterocycles. The maximum atomic E-state index is 12.6. The largest absolute Gasteiger partial charge is 0.431 e. The van der Waals surface area contributed by atoms with E-state index in [9.17, 15) is 9.18 Å². The Kier molecular flexibility index (Phi) is 1.43. The van der Waals surface area contributed by atoms with Crippen LogP contribution in [-0.2, 0) is 0 Å². The molecule has 0 amide bonds. The Morgan fingerprint density at radius 3 is 2.83 bits per heavy atom. The monoisotopic (exact) mass is 164 g/mol. The molecule has 0 saturated heterocycles. The molecule has 1 aromatic carbocycles. The molecule has 2 nitrogen and oxygen atoms in total. The van der Waals surface area contributed by atoms with Crippen molar-refractivity contribution in [2.45, 2.75) is 0 Å². The highest BCUT2D eigenvalue weighted by molar-refractivity contribution is 5.80. The van der Waals surface area contributed by atoms with E-state index < -0.39 is 5.63 Å². The molecule has 0 unspecified atom stereocenters. The average molecular weight is 164 g/mol. The number of rotatable bonds is 0. The summed E-state index contributed by atoms with van der Waals surface area (Å²) in [6.07, 6.45) is 1.32. The Labute approximate surface area is 67.2 Å². The van der Waals surface area contributed by atoms with Crippen molar-refractivity contribution in [3.63, 3.8) is 0 Å². The van der Waals surface area contributed by atoms with Crippen molar-refractivity contribution in [1.82, 2.24) is 0 Å². The summed E-state index contributed by atoms with van der Waals surface area (Å²) in [5, 5.41) is 1.28. The number of benzene rings is 1. The first-order valence-electron chi connectivity index (χ1n) is 3.44. The summed E-state index contributed by atoms with van der Waals surface area (Å²) in [4.78, 5) is 10.7. The van der Waals surface area contributed by atoms with E-state index in [0.717, 1.165) is 5.39 Å². The van der Waals surface area contributed by atoms with E-state index in [1.54, 1.807) is 6.07 Å². The predicted molar refractivity (Wildman–Crippen MR) is 42.4 cm³/mol. The first-order valence-corrected chi connectivity index (χ1v) is 3.44. The van der Waals surface area contributed by atoms with Crippen LogP contribution in [0, 0.1) is 5.82 Å². The van der Waals surface area contributed by atoms with Gasteiger partial charge < -0.3 is 4.42 Å². The van der Waals surface area contributed by atoms with Crippen molar-refractivity contribution in [2.75, 3.05) is 0 Å². The molecule has 0 aliphatic carbocycles. The zero-order valence-corrected chi connectivity index (χ0v) is 6.08. The topological polar surface area (TPSA) is 30.2 Å². The summed E-state index contributed by atoms with van der Waals surface area (Å²) in [5.41, 5.74) is -0.465. The Morgan fingerprint density at radius 1 is 1.17 bits per heavy atom. The third kappa shape index (κ3) is 1.09. The molecule has 0 fully saturated rings. The molecule has 0 N–H and O–H groups in total. The van der Waals surface area contributed by atoms with Gasteiger partial charge in [-0.1, -0.05) is 0 Å². The van der Waals surface area contributed by atoms with Gasteiger partial charge in [-0.15, -0.1) is 0 Å². The van der Waals surface area contributed by atoms with E-state index in [2.05, 4.69) is 4.42 Å². The fraction of sp³-hybridized carbons (Fsp3) is 0. The smallest absolute Gasteiger partial charge is 0.336 e. The van der Waals surface area contributed by atoms with Crippen LogP contribution in [0.5, 0.6) is 0 Å². The Morgan fingerprint density at radius 2 is 2.00 bits per heavy atom. The minimum Gasteiger partial charge on any atom is -0.431 e. The maximum absolute atomic E-state index is 12.6. The molecular formula is C9H5FO2. The summed E-state index contributed by atoms with van der Waals surface area (Å²) >= 11 is 0. The fourth-order valence-corrected chi connectivity index (χ4v) is 1.06. The highest BCUT2D eigenvalue weighted by Gasteiger charge is 1.96. The molecule has 1 heterocycles. The third-order valence-electron chi connectivity index (χ3n) is 1.62. The van der Waals surface area contributed by atoms with E-state index in [0.29, 0.717) is 5.39 Å². The summed E-state index contributed by atoms with van der Waals surface area (Å²) in [6.45, 7) is 0. The third-order valence-corrected chi connectivity index (χ3v) is 1.62. The highest BCUT2D eigenvalue weighted by Crippen LogP contribution is 2.12. The van der Waals surface area contributed by atoms with E-state index in [1.807, 2.05) is 0 Å². The van der Waals surface area contributed by atoms with Crippen molar-refractivity contribution < 1.29 is 8.81 Å². The van der Waals surface area contributed by atoms with E-state index in [4.69, 9.17) is 0 Å². The lowest BCUT2D eigenvalue weighted by Gasteiger charge is -1.93. The van der Waals surface area contributed by atoms with Gasteiger partial charge in [-0.3, -0.25) is 0 Å². The molecule has 2 aromatic rings. The maximum Gasteiger partial charge on any atom is 0.336 e. The molecule has 0 spiro atoms. The van der Waals surface area contributed by atoms with Crippen LogP contribution in [0.15, 0.2) is 39.7 Å². The number of hydrogen-bond donors (Lipinski definition) is 0. The lowest BCUT2D eigenvalue weighted by Crippen LogP contribution is -1.94. The van der Waals surface area contributed by atoms with E-state index in [1.165, 1.54) is 24.5 Å². The van der Waals surface area contributed by atoms with Crippen LogP contribution in [0.4, 0.5) is 4.39 Å². The van der Waals surface area contributed by atoms with Gasteiger partial charge in [0.15, 0.2) is 0 Å². The second kappa shape index (κ2) is 2.44. The second-order valence-corrected chi connectivity index (χ2v) is 2.47. The quantitative estimate of drug-likeness (QED) is 0.595. The van der Waals surface area contributed by atoms with Crippen LogP contribution in [0.25, 0.3) is 10.8 Å². The first-order chi connectivity index (χ1) is 5.75. The normalized spacial score (nSPS) is 10.4. The van der Waals surface area contributed by atoms with Crippen LogP contribution in [0.2, 0.25) is 0 Å². The van der Waals surface area contributed by atoms with Gasteiger partial charge in [-0.05, 0) is 23.6 Å². The van der Waals surface area contributed by atoms with E-state index >= 15 is 0 Å². The van der Waals surface area contributed by atoms with Crippen LogP contribution in [-0.4, -0.2) is 0 Å². The highest BCUT2D eigenvalue weighted by atomic mass is 19.1. The van der Waals surface area contributed by atoms with Crippen molar-refractivity contribution in [1.29, 1.82) is 0 Å². The van der Waals surface area contributed by atoms with E-state index in [-0.39, 0.29) is 5.82 Å². The number of fused-ring (bicyclic) bond motifs is 1. The lowest BCUT2D eigenvalue weighted by molar-refractivity contribution is 0.517. The molecule has 12 heavy (non-hydrogen) atoms. The second-order valence-electron chi connectivity index (χ2n) is 2.47. The molecule has 0 radical (unpaired) electrons. The van der Waals surface area contributed by atoms with Gasteiger partial charge in [-0.25, -0.2) is 9.18 Å². The minimum absolute atomic E-state index is 0.354. The summed E-state index contributed by atoms with van der Waals surface area (Å²) in [6, 6.07) is 5.45. The van der Waals surface area contributed by atoms with Gasteiger partial charge in [0.05, 0.1) is 0 Å². The molecule has 60 valence electrons. The Balaban J connectivity index is 2.89. The first kappa shape index (κ1) is 7.03. The Bertz CT molecular complexity index is 473. The number of hydrogen-bond acceptors (Lipinski definition) is 2. The zero-order valence-electron chi connectivity index (χ0n) is 6.08. The summed E-state index contributed by atoms with van der Waals surface area (Å²) in [5.74, 6) is -0.354. The van der Waals surface area contributed by atoms with Crippen molar-refractivity contribution in [2.24, 2.45) is 0 Å². The van der Waals surface area contributed by atoms with Crippen LogP contribution in [0.3, 0.4) is 0 Å². The Hall–Kier alpha value is -1.64. The molecule has 0 saturated carbocycles.